The molecule has 0 saturated carbocycles. The molecule has 2 aliphatic rings. The number of oxazole rings is 1. The number of urea groups is 1. The predicted molar refractivity (Wildman–Crippen MR) is 90.0 cm³/mol. The van der Waals surface area contributed by atoms with Gasteiger partial charge in [-0.1, -0.05) is 30.3 Å². The number of hydrogen-bond acceptors (Lipinski definition) is 5. The zero-order valence-electron chi connectivity index (χ0n) is 14.0. The Bertz CT molecular complexity index is 861. The van der Waals surface area contributed by atoms with Crippen LogP contribution in [0.3, 0.4) is 0 Å². The Morgan fingerprint density at radius 2 is 2.08 bits per heavy atom. The number of aromatic nitrogens is 1. The summed E-state index contributed by atoms with van der Waals surface area (Å²) in [6.07, 6.45) is 1.14. The van der Waals surface area contributed by atoms with E-state index in [0.717, 1.165) is 17.0 Å². The normalized spacial score (nSPS) is 19.1. The van der Waals surface area contributed by atoms with E-state index in [1.807, 2.05) is 30.3 Å². The first-order chi connectivity index (χ1) is 12.6. The van der Waals surface area contributed by atoms with Crippen LogP contribution in [-0.2, 0) is 29.0 Å². The monoisotopic (exact) mass is 354 g/mol. The number of imide groups is 1. The molecule has 2 N–H and O–H groups in total. The van der Waals surface area contributed by atoms with Gasteiger partial charge in [0.1, 0.15) is 17.5 Å². The Kier molecular flexibility index (Phi) is 4.16. The third kappa shape index (κ3) is 3.30. The van der Waals surface area contributed by atoms with Crippen molar-refractivity contribution in [3.63, 3.8) is 0 Å². The molecule has 2 aliphatic heterocycles. The summed E-state index contributed by atoms with van der Waals surface area (Å²) in [5.41, 5.74) is 1.87. The molecule has 1 atom stereocenters. The first-order valence-electron chi connectivity index (χ1n) is 8.49. The summed E-state index contributed by atoms with van der Waals surface area (Å²) in [5, 5.41) is 4.57. The minimum absolute atomic E-state index is 0.0539. The van der Waals surface area contributed by atoms with Gasteiger partial charge in [0.05, 0.1) is 13.0 Å². The summed E-state index contributed by atoms with van der Waals surface area (Å²) in [6, 6.07) is 8.56. The maximum atomic E-state index is 12.5. The van der Waals surface area contributed by atoms with Crippen LogP contribution in [0.5, 0.6) is 0 Å². The highest BCUT2D eigenvalue weighted by atomic mass is 16.4. The van der Waals surface area contributed by atoms with Crippen LogP contribution >= 0.6 is 0 Å². The Balaban J connectivity index is 1.40. The second kappa shape index (κ2) is 6.62. The lowest BCUT2D eigenvalue weighted by Gasteiger charge is -2.26. The molecule has 3 heterocycles. The molecule has 0 bridgehead atoms. The van der Waals surface area contributed by atoms with Crippen LogP contribution in [0.15, 0.2) is 34.7 Å². The smallest absolute Gasteiger partial charge is 0.322 e. The van der Waals surface area contributed by atoms with Crippen molar-refractivity contribution < 1.29 is 18.8 Å². The fourth-order valence-electron chi connectivity index (χ4n) is 3.22. The Morgan fingerprint density at radius 3 is 2.81 bits per heavy atom. The molecule has 1 unspecified atom stereocenters. The lowest BCUT2D eigenvalue weighted by atomic mass is 10.1. The van der Waals surface area contributed by atoms with Crippen LogP contribution in [0.4, 0.5) is 4.79 Å². The number of carbonyl (C=O) groups is 3. The molecule has 26 heavy (non-hydrogen) atoms. The molecule has 4 amide bonds. The zero-order valence-corrected chi connectivity index (χ0v) is 14.0. The van der Waals surface area contributed by atoms with Gasteiger partial charge >= 0.3 is 6.03 Å². The number of fused-ring (bicyclic) bond motifs is 1. The quantitative estimate of drug-likeness (QED) is 0.789. The number of amides is 4. The average Bonchev–Trinajstić information content (AvgIpc) is 3.16. The van der Waals surface area contributed by atoms with E-state index in [1.54, 1.807) is 4.90 Å². The van der Waals surface area contributed by atoms with Gasteiger partial charge in [-0.15, -0.1) is 0 Å². The predicted octanol–water partition coefficient (Wildman–Crippen LogP) is 0.748. The highest BCUT2D eigenvalue weighted by molar-refractivity contribution is 6.05. The first-order valence-corrected chi connectivity index (χ1v) is 8.49. The second-order valence-corrected chi connectivity index (χ2v) is 6.42. The van der Waals surface area contributed by atoms with Crippen molar-refractivity contribution >= 4 is 17.8 Å². The van der Waals surface area contributed by atoms with E-state index < -0.39 is 18.0 Å². The molecule has 134 valence electrons. The number of rotatable bonds is 4. The molecule has 8 nitrogen and oxygen atoms in total. The van der Waals surface area contributed by atoms with Crippen molar-refractivity contribution in [3.8, 4) is 0 Å². The van der Waals surface area contributed by atoms with Crippen LogP contribution in [0.25, 0.3) is 0 Å². The van der Waals surface area contributed by atoms with Gasteiger partial charge in [0.25, 0.3) is 5.91 Å². The molecule has 1 aromatic carbocycles. The highest BCUT2D eigenvalue weighted by Crippen LogP contribution is 2.22. The summed E-state index contributed by atoms with van der Waals surface area (Å²) in [5.74, 6) is 0.795. The summed E-state index contributed by atoms with van der Waals surface area (Å²) < 4.78 is 5.83. The fourth-order valence-corrected chi connectivity index (χ4v) is 3.22. The van der Waals surface area contributed by atoms with Crippen LogP contribution in [0.1, 0.15) is 29.3 Å². The van der Waals surface area contributed by atoms with Gasteiger partial charge in [-0.2, -0.15) is 0 Å². The maximum absolute atomic E-state index is 12.5. The van der Waals surface area contributed by atoms with Gasteiger partial charge < -0.3 is 14.6 Å². The summed E-state index contributed by atoms with van der Waals surface area (Å²) in [7, 11) is 0. The van der Waals surface area contributed by atoms with Gasteiger partial charge in [-0.3, -0.25) is 14.9 Å². The van der Waals surface area contributed by atoms with Gasteiger partial charge in [-0.25, -0.2) is 9.78 Å². The van der Waals surface area contributed by atoms with Crippen molar-refractivity contribution in [2.24, 2.45) is 0 Å². The van der Waals surface area contributed by atoms with E-state index in [-0.39, 0.29) is 12.3 Å². The molecule has 0 aliphatic carbocycles. The number of nitrogens with one attached hydrogen (secondary N) is 2. The lowest BCUT2D eigenvalue weighted by molar-refractivity contribution is -0.134. The number of nitrogens with zero attached hydrogens (tertiary/aromatic N) is 2. The third-order valence-corrected chi connectivity index (χ3v) is 4.56. The van der Waals surface area contributed by atoms with Crippen molar-refractivity contribution in [1.82, 2.24) is 20.5 Å². The van der Waals surface area contributed by atoms with E-state index in [4.69, 9.17) is 4.42 Å². The molecule has 8 heteroatoms. The van der Waals surface area contributed by atoms with Crippen LogP contribution in [-0.4, -0.2) is 40.3 Å². The minimum Gasteiger partial charge on any atom is -0.445 e. The molecular formula is C18H18N4O4. The second-order valence-electron chi connectivity index (χ2n) is 6.42. The fraction of sp³-hybridized carbons (Fsp3) is 0.333. The molecule has 0 spiro atoms. The molecule has 1 aromatic heterocycles. The molecule has 4 rings (SSSR count). The molecular weight excluding hydrogens is 336 g/mol. The standard InChI is InChI=1S/C18H18N4O4/c23-16(9-12-17(24)21-18(25)20-12)22-7-6-14-13(10-22)19-15(26-14)8-11-4-2-1-3-5-11/h1-5,12H,6-10H2,(H2,20,21,24,25). The number of hydrogen-bond donors (Lipinski definition) is 2. The molecule has 2 aromatic rings. The van der Waals surface area contributed by atoms with Crippen molar-refractivity contribution in [2.75, 3.05) is 6.54 Å². The SMILES string of the molecule is O=C1NC(=O)C(CC(=O)N2CCc3oc(Cc4ccccc4)nc3C2)N1. The van der Waals surface area contributed by atoms with Crippen LogP contribution < -0.4 is 10.6 Å². The summed E-state index contributed by atoms with van der Waals surface area (Å²) in [6.45, 7) is 0.864. The van der Waals surface area contributed by atoms with Gasteiger partial charge in [0.2, 0.25) is 5.91 Å². The van der Waals surface area contributed by atoms with E-state index in [1.165, 1.54) is 0 Å². The average molecular weight is 354 g/mol. The largest absolute Gasteiger partial charge is 0.445 e. The summed E-state index contributed by atoms with van der Waals surface area (Å²) >= 11 is 0. The van der Waals surface area contributed by atoms with Crippen molar-refractivity contribution in [3.05, 3.63) is 53.2 Å². The van der Waals surface area contributed by atoms with Crippen molar-refractivity contribution in [1.29, 1.82) is 0 Å². The topological polar surface area (TPSA) is 105 Å². The maximum Gasteiger partial charge on any atom is 0.322 e. The Morgan fingerprint density at radius 1 is 1.27 bits per heavy atom. The molecule has 1 saturated heterocycles. The van der Waals surface area contributed by atoms with Crippen LogP contribution in [0.2, 0.25) is 0 Å². The van der Waals surface area contributed by atoms with E-state index >= 15 is 0 Å². The molecule has 0 radical (unpaired) electrons. The van der Waals surface area contributed by atoms with Crippen LogP contribution in [0, 0.1) is 0 Å². The van der Waals surface area contributed by atoms with E-state index in [9.17, 15) is 14.4 Å². The van der Waals surface area contributed by atoms with Gasteiger partial charge in [0.15, 0.2) is 5.89 Å². The third-order valence-electron chi connectivity index (χ3n) is 4.56. The van der Waals surface area contributed by atoms with E-state index in [2.05, 4.69) is 15.6 Å². The first kappa shape index (κ1) is 16.3. The van der Waals surface area contributed by atoms with Gasteiger partial charge in [-0.05, 0) is 5.56 Å². The van der Waals surface area contributed by atoms with Gasteiger partial charge in [0, 0.05) is 19.4 Å². The lowest BCUT2D eigenvalue weighted by Crippen LogP contribution is -2.41. The number of carbonyl (C=O) groups excluding carboxylic acids is 3. The Hall–Kier alpha value is -3.16. The summed E-state index contributed by atoms with van der Waals surface area (Å²) in [4.78, 5) is 41.4. The molecule has 1 fully saturated rings. The number of benzene rings is 1. The minimum atomic E-state index is -0.803. The Labute approximate surface area is 149 Å². The van der Waals surface area contributed by atoms with Crippen molar-refractivity contribution in [2.45, 2.75) is 31.8 Å². The zero-order chi connectivity index (χ0) is 18.1. The highest BCUT2D eigenvalue weighted by Gasteiger charge is 2.34. The van der Waals surface area contributed by atoms with E-state index in [0.29, 0.717) is 31.8 Å².